The fourth-order valence-corrected chi connectivity index (χ4v) is 3.92. The van der Waals surface area contributed by atoms with Crippen LogP contribution in [0.25, 0.3) is 0 Å². The molecule has 2 aliphatic heterocycles. The molecule has 0 unspecified atom stereocenters. The second kappa shape index (κ2) is 7.15. The van der Waals surface area contributed by atoms with Gasteiger partial charge in [0.15, 0.2) is 5.82 Å². The Morgan fingerprint density at radius 3 is 2.77 bits per heavy atom. The van der Waals surface area contributed by atoms with Crippen molar-refractivity contribution in [3.05, 3.63) is 47.3 Å². The van der Waals surface area contributed by atoms with E-state index in [4.69, 9.17) is 0 Å². The highest BCUT2D eigenvalue weighted by Gasteiger charge is 2.33. The summed E-state index contributed by atoms with van der Waals surface area (Å²) in [5, 5.41) is 8.81. The van der Waals surface area contributed by atoms with Crippen LogP contribution in [0.2, 0.25) is 0 Å². The third-order valence-electron chi connectivity index (χ3n) is 5.36. The topological polar surface area (TPSA) is 54.3 Å². The van der Waals surface area contributed by atoms with Gasteiger partial charge in [-0.2, -0.15) is 0 Å². The quantitative estimate of drug-likeness (QED) is 0.845. The summed E-state index contributed by atoms with van der Waals surface area (Å²) in [6.45, 7) is 3.37. The fraction of sp³-hybridized carbons (Fsp3) is 0.526. The number of halogens is 1. The summed E-state index contributed by atoms with van der Waals surface area (Å²) in [6, 6.07) is 6.16. The number of aromatic nitrogens is 3. The lowest BCUT2D eigenvalue weighted by atomic mass is 9.99. The molecule has 26 heavy (non-hydrogen) atoms. The molecule has 3 heterocycles. The molecule has 1 aromatic heterocycles. The molecular weight excluding hydrogens is 333 g/mol. The monoisotopic (exact) mass is 357 g/mol. The molecule has 1 saturated heterocycles. The van der Waals surface area contributed by atoms with Crippen molar-refractivity contribution < 1.29 is 9.18 Å². The lowest BCUT2D eigenvalue weighted by molar-refractivity contribution is -0.134. The van der Waals surface area contributed by atoms with Crippen LogP contribution in [0.1, 0.15) is 42.5 Å². The Hall–Kier alpha value is -2.28. The maximum absolute atomic E-state index is 13.1. The largest absolute Gasteiger partial charge is 0.332 e. The van der Waals surface area contributed by atoms with Gasteiger partial charge in [-0.15, -0.1) is 10.2 Å². The maximum Gasteiger partial charge on any atom is 0.227 e. The van der Waals surface area contributed by atoms with E-state index >= 15 is 0 Å². The minimum Gasteiger partial charge on any atom is -0.332 e. The molecule has 6 nitrogen and oxygen atoms in total. The number of nitrogens with zero attached hydrogens (tertiary/aromatic N) is 5. The van der Waals surface area contributed by atoms with Crippen LogP contribution in [0.4, 0.5) is 4.39 Å². The highest BCUT2D eigenvalue weighted by Crippen LogP contribution is 2.31. The van der Waals surface area contributed by atoms with Crippen LogP contribution in [0, 0.1) is 5.82 Å². The maximum atomic E-state index is 13.1. The number of amides is 1. The predicted molar refractivity (Wildman–Crippen MR) is 94.8 cm³/mol. The summed E-state index contributed by atoms with van der Waals surface area (Å²) in [5.74, 6) is 1.69. The first-order valence-corrected chi connectivity index (χ1v) is 9.26. The van der Waals surface area contributed by atoms with Crippen LogP contribution in [0.5, 0.6) is 0 Å². The first kappa shape index (κ1) is 17.1. The van der Waals surface area contributed by atoms with E-state index in [-0.39, 0.29) is 17.8 Å². The number of likely N-dealkylation sites (N-methyl/N-ethyl adjacent to an activating group) is 1. The normalized spacial score (nSPS) is 20.8. The van der Waals surface area contributed by atoms with E-state index < -0.39 is 0 Å². The smallest absolute Gasteiger partial charge is 0.227 e. The molecule has 7 heteroatoms. The van der Waals surface area contributed by atoms with Crippen molar-refractivity contribution in [3.63, 3.8) is 0 Å². The van der Waals surface area contributed by atoms with Crippen LogP contribution >= 0.6 is 0 Å². The van der Waals surface area contributed by atoms with Gasteiger partial charge in [-0.3, -0.25) is 9.69 Å². The van der Waals surface area contributed by atoms with Gasteiger partial charge in [0.1, 0.15) is 11.6 Å². The van der Waals surface area contributed by atoms with E-state index in [1.165, 1.54) is 12.1 Å². The third-order valence-corrected chi connectivity index (χ3v) is 5.36. The highest BCUT2D eigenvalue weighted by atomic mass is 19.1. The van der Waals surface area contributed by atoms with Crippen LogP contribution in [-0.2, 0) is 24.3 Å². The molecule has 0 bridgehead atoms. The van der Waals surface area contributed by atoms with Crippen molar-refractivity contribution in [2.24, 2.45) is 0 Å². The van der Waals surface area contributed by atoms with E-state index in [9.17, 15) is 9.18 Å². The Labute approximate surface area is 152 Å². The first-order valence-electron chi connectivity index (χ1n) is 9.26. The molecular formula is C19H24FN5O. The van der Waals surface area contributed by atoms with Gasteiger partial charge < -0.3 is 9.47 Å². The zero-order valence-corrected chi connectivity index (χ0v) is 15.1. The average Bonchev–Trinajstić information content (AvgIpc) is 3.06. The van der Waals surface area contributed by atoms with Crippen molar-refractivity contribution in [1.29, 1.82) is 0 Å². The Kier molecular flexibility index (Phi) is 4.72. The third kappa shape index (κ3) is 3.35. The van der Waals surface area contributed by atoms with Crippen molar-refractivity contribution in [1.82, 2.24) is 24.6 Å². The lowest BCUT2D eigenvalue weighted by Gasteiger charge is -2.36. The average molecular weight is 357 g/mol. The van der Waals surface area contributed by atoms with E-state index in [0.717, 1.165) is 62.7 Å². The number of benzene rings is 1. The summed E-state index contributed by atoms with van der Waals surface area (Å²) in [7, 11) is 2.08. The first-order chi connectivity index (χ1) is 12.6. The van der Waals surface area contributed by atoms with E-state index in [0.29, 0.717) is 6.42 Å². The number of carbonyl (C=O) groups is 1. The molecule has 0 saturated carbocycles. The Morgan fingerprint density at radius 1 is 1.15 bits per heavy atom. The van der Waals surface area contributed by atoms with Gasteiger partial charge in [0, 0.05) is 19.6 Å². The molecule has 0 aliphatic carbocycles. The number of hydrogen-bond acceptors (Lipinski definition) is 4. The molecule has 1 fully saturated rings. The molecule has 0 spiro atoms. The van der Waals surface area contributed by atoms with Crippen molar-refractivity contribution in [3.8, 4) is 0 Å². The number of carbonyl (C=O) groups excluding carboxylic acids is 1. The van der Waals surface area contributed by atoms with Crippen LogP contribution in [0.3, 0.4) is 0 Å². The molecule has 0 N–H and O–H groups in total. The van der Waals surface area contributed by atoms with Crippen molar-refractivity contribution in [2.75, 3.05) is 20.1 Å². The molecule has 1 aromatic carbocycles. The highest BCUT2D eigenvalue weighted by molar-refractivity contribution is 5.79. The van der Waals surface area contributed by atoms with Gasteiger partial charge >= 0.3 is 0 Å². The molecule has 4 rings (SSSR count). The Morgan fingerprint density at radius 2 is 1.96 bits per heavy atom. The second-order valence-electron chi connectivity index (χ2n) is 7.27. The lowest BCUT2D eigenvalue weighted by Crippen LogP contribution is -2.41. The Bertz CT molecular complexity index is 788. The summed E-state index contributed by atoms with van der Waals surface area (Å²) < 4.78 is 15.3. The van der Waals surface area contributed by atoms with E-state index in [1.807, 2.05) is 4.90 Å². The van der Waals surface area contributed by atoms with E-state index in [2.05, 4.69) is 26.7 Å². The molecule has 0 radical (unpaired) electrons. The standard InChI is InChI=1S/C19H24FN5O/c1-23-10-11-25-17(13-23)21-22-19(25)16-4-2-3-9-24(16)18(26)12-14-5-7-15(20)8-6-14/h5-8,16H,2-4,9-13H2,1H3/t16-/m1/s1. The van der Waals surface area contributed by atoms with Gasteiger partial charge in [-0.25, -0.2) is 4.39 Å². The molecule has 2 aliphatic rings. The number of fused-ring (bicyclic) bond motifs is 1. The number of piperidine rings is 1. The molecule has 1 amide bonds. The van der Waals surface area contributed by atoms with Gasteiger partial charge in [-0.1, -0.05) is 12.1 Å². The fourth-order valence-electron chi connectivity index (χ4n) is 3.92. The Balaban J connectivity index is 1.55. The van der Waals surface area contributed by atoms with Gasteiger partial charge in [0.05, 0.1) is 19.0 Å². The number of likely N-dealkylation sites (tertiary alicyclic amines) is 1. The zero-order chi connectivity index (χ0) is 18.1. The van der Waals surface area contributed by atoms with Gasteiger partial charge in [-0.05, 0) is 44.0 Å². The molecule has 1 atom stereocenters. The van der Waals surface area contributed by atoms with Crippen LogP contribution < -0.4 is 0 Å². The minimum absolute atomic E-state index is 0.0126. The SMILES string of the molecule is CN1CCn2c(nnc2[C@H]2CCCCN2C(=O)Cc2ccc(F)cc2)C1. The van der Waals surface area contributed by atoms with E-state index in [1.54, 1.807) is 12.1 Å². The summed E-state index contributed by atoms with van der Waals surface area (Å²) in [6.07, 6.45) is 3.31. The number of rotatable bonds is 3. The second-order valence-corrected chi connectivity index (χ2v) is 7.27. The van der Waals surface area contributed by atoms with Crippen LogP contribution in [-0.4, -0.2) is 50.6 Å². The van der Waals surface area contributed by atoms with Crippen molar-refractivity contribution >= 4 is 5.91 Å². The summed E-state index contributed by atoms with van der Waals surface area (Å²) in [5.41, 5.74) is 0.839. The summed E-state index contributed by atoms with van der Waals surface area (Å²) >= 11 is 0. The zero-order valence-electron chi connectivity index (χ0n) is 15.1. The molecule has 138 valence electrons. The van der Waals surface area contributed by atoms with Crippen molar-refractivity contribution in [2.45, 2.75) is 44.8 Å². The predicted octanol–water partition coefficient (Wildman–Crippen LogP) is 2.16. The minimum atomic E-state index is -0.280. The number of hydrogen-bond donors (Lipinski definition) is 0. The van der Waals surface area contributed by atoms with Gasteiger partial charge in [0.25, 0.3) is 0 Å². The van der Waals surface area contributed by atoms with Gasteiger partial charge in [0.2, 0.25) is 5.91 Å². The van der Waals surface area contributed by atoms with Crippen LogP contribution in [0.15, 0.2) is 24.3 Å². The summed E-state index contributed by atoms with van der Waals surface area (Å²) in [4.78, 5) is 17.1. The molecule has 2 aromatic rings.